The lowest BCUT2D eigenvalue weighted by Gasteiger charge is -2.04. The minimum absolute atomic E-state index is 0.165. The van der Waals surface area contributed by atoms with Gasteiger partial charge in [0, 0.05) is 29.3 Å². The normalized spacial score (nSPS) is 10.7. The zero-order valence-corrected chi connectivity index (χ0v) is 15.0. The van der Waals surface area contributed by atoms with Crippen LogP contribution in [0.15, 0.2) is 64.0 Å². The number of aromatic nitrogens is 4. The van der Waals surface area contributed by atoms with Crippen LogP contribution in [0, 0.1) is 0 Å². The summed E-state index contributed by atoms with van der Waals surface area (Å²) in [5.41, 5.74) is 2.36. The molecule has 0 unspecified atom stereocenters. The van der Waals surface area contributed by atoms with E-state index < -0.39 is 0 Å². The number of nitrogens with zero attached hydrogens (tertiary/aromatic N) is 4. The van der Waals surface area contributed by atoms with Crippen molar-refractivity contribution in [2.75, 3.05) is 5.32 Å². The lowest BCUT2D eigenvalue weighted by Crippen LogP contribution is -2.13. The summed E-state index contributed by atoms with van der Waals surface area (Å²) in [4.78, 5) is 20.7. The van der Waals surface area contributed by atoms with Crippen LogP contribution in [0.25, 0.3) is 22.8 Å². The smallest absolute Gasteiger partial charge is 0.248 e. The molecule has 0 aliphatic rings. The van der Waals surface area contributed by atoms with E-state index >= 15 is 0 Å². The quantitative estimate of drug-likeness (QED) is 0.549. The standard InChI is InChI=1S/C19H15N5O2S/c25-16(6-7-17-23-24-19(26-17)14-8-9-27-12-14)22-15-10-20-18(21-11-15)13-4-2-1-3-5-13/h1-5,8-12H,6-7H2,(H,22,25). The van der Waals surface area contributed by atoms with E-state index in [1.165, 1.54) is 0 Å². The summed E-state index contributed by atoms with van der Waals surface area (Å²) >= 11 is 1.56. The van der Waals surface area contributed by atoms with E-state index in [0.717, 1.165) is 11.1 Å². The molecule has 0 radical (unpaired) electrons. The second-order valence-corrected chi connectivity index (χ2v) is 6.50. The topological polar surface area (TPSA) is 93.8 Å². The molecular formula is C19H15N5O2S. The first-order valence-corrected chi connectivity index (χ1v) is 9.24. The Hall–Kier alpha value is -3.39. The fourth-order valence-electron chi connectivity index (χ4n) is 2.43. The van der Waals surface area contributed by atoms with Gasteiger partial charge in [0.15, 0.2) is 5.82 Å². The molecule has 1 amide bonds. The highest BCUT2D eigenvalue weighted by atomic mass is 32.1. The van der Waals surface area contributed by atoms with Crippen LogP contribution in [0.2, 0.25) is 0 Å². The van der Waals surface area contributed by atoms with Crippen LogP contribution in [-0.2, 0) is 11.2 Å². The van der Waals surface area contributed by atoms with E-state index in [0.29, 0.717) is 29.7 Å². The highest BCUT2D eigenvalue weighted by molar-refractivity contribution is 7.08. The summed E-state index contributed by atoms with van der Waals surface area (Å²) in [7, 11) is 0. The number of carbonyl (C=O) groups is 1. The molecule has 134 valence electrons. The van der Waals surface area contributed by atoms with Gasteiger partial charge in [-0.25, -0.2) is 9.97 Å². The number of benzene rings is 1. The summed E-state index contributed by atoms with van der Waals surface area (Å²) in [6.45, 7) is 0. The minimum atomic E-state index is -0.165. The largest absolute Gasteiger partial charge is 0.421 e. The van der Waals surface area contributed by atoms with Crippen molar-refractivity contribution < 1.29 is 9.21 Å². The van der Waals surface area contributed by atoms with Crippen LogP contribution in [0.4, 0.5) is 5.69 Å². The van der Waals surface area contributed by atoms with E-state index in [1.54, 1.807) is 23.7 Å². The minimum Gasteiger partial charge on any atom is -0.421 e. The van der Waals surface area contributed by atoms with Crippen molar-refractivity contribution in [2.45, 2.75) is 12.8 Å². The van der Waals surface area contributed by atoms with Crippen LogP contribution in [0.3, 0.4) is 0 Å². The van der Waals surface area contributed by atoms with Gasteiger partial charge in [0.25, 0.3) is 0 Å². The molecule has 0 bridgehead atoms. The Morgan fingerprint density at radius 1 is 1.04 bits per heavy atom. The van der Waals surface area contributed by atoms with E-state index in [-0.39, 0.29) is 12.3 Å². The fourth-order valence-corrected chi connectivity index (χ4v) is 3.06. The van der Waals surface area contributed by atoms with E-state index in [4.69, 9.17) is 4.42 Å². The zero-order valence-electron chi connectivity index (χ0n) is 14.2. The van der Waals surface area contributed by atoms with Gasteiger partial charge in [-0.15, -0.1) is 10.2 Å². The molecule has 0 saturated heterocycles. The summed E-state index contributed by atoms with van der Waals surface area (Å²) in [5.74, 6) is 1.35. The number of rotatable bonds is 6. The Morgan fingerprint density at radius 2 is 1.85 bits per heavy atom. The van der Waals surface area contributed by atoms with Crippen molar-refractivity contribution in [3.05, 3.63) is 65.4 Å². The average molecular weight is 377 g/mol. The highest BCUT2D eigenvalue weighted by Crippen LogP contribution is 2.21. The maximum Gasteiger partial charge on any atom is 0.248 e. The molecule has 27 heavy (non-hydrogen) atoms. The van der Waals surface area contributed by atoms with Gasteiger partial charge in [-0.1, -0.05) is 30.3 Å². The summed E-state index contributed by atoms with van der Waals surface area (Å²) in [6, 6.07) is 11.6. The van der Waals surface area contributed by atoms with Gasteiger partial charge in [0.1, 0.15) is 0 Å². The first kappa shape index (κ1) is 17.0. The van der Waals surface area contributed by atoms with Gasteiger partial charge in [-0.05, 0) is 11.4 Å². The molecule has 4 rings (SSSR count). The third-order valence-electron chi connectivity index (χ3n) is 3.77. The maximum atomic E-state index is 12.1. The first-order valence-electron chi connectivity index (χ1n) is 8.30. The van der Waals surface area contributed by atoms with Crippen LogP contribution < -0.4 is 5.32 Å². The maximum absolute atomic E-state index is 12.1. The molecule has 4 aromatic rings. The molecule has 8 heteroatoms. The predicted molar refractivity (Wildman–Crippen MR) is 102 cm³/mol. The predicted octanol–water partition coefficient (Wildman–Crippen LogP) is 3.83. The number of aryl methyl sites for hydroxylation is 1. The van der Waals surface area contributed by atoms with Gasteiger partial charge in [0.2, 0.25) is 17.7 Å². The molecule has 0 aliphatic carbocycles. The van der Waals surface area contributed by atoms with E-state index in [1.807, 2.05) is 47.2 Å². The molecule has 1 aromatic carbocycles. The van der Waals surface area contributed by atoms with E-state index in [2.05, 4.69) is 25.5 Å². The van der Waals surface area contributed by atoms with Crippen molar-refractivity contribution in [1.82, 2.24) is 20.2 Å². The lowest BCUT2D eigenvalue weighted by atomic mass is 10.2. The Labute approximate surface area is 159 Å². The van der Waals surface area contributed by atoms with Crippen LogP contribution in [0.1, 0.15) is 12.3 Å². The average Bonchev–Trinajstić information content (AvgIpc) is 3.39. The Balaban J connectivity index is 1.32. The fraction of sp³-hybridized carbons (Fsp3) is 0.105. The van der Waals surface area contributed by atoms with Gasteiger partial charge >= 0.3 is 0 Å². The van der Waals surface area contributed by atoms with Gasteiger partial charge < -0.3 is 9.73 Å². The molecule has 0 aliphatic heterocycles. The Kier molecular flexibility index (Phi) is 4.97. The third kappa shape index (κ3) is 4.24. The van der Waals surface area contributed by atoms with Crippen LogP contribution >= 0.6 is 11.3 Å². The Morgan fingerprint density at radius 3 is 2.59 bits per heavy atom. The first-order chi connectivity index (χ1) is 13.3. The zero-order chi connectivity index (χ0) is 18.5. The number of hydrogen-bond acceptors (Lipinski definition) is 7. The number of amides is 1. The number of hydrogen-bond donors (Lipinski definition) is 1. The molecule has 0 fully saturated rings. The molecule has 0 saturated carbocycles. The lowest BCUT2D eigenvalue weighted by molar-refractivity contribution is -0.116. The van der Waals surface area contributed by atoms with Crippen LogP contribution in [0.5, 0.6) is 0 Å². The van der Waals surface area contributed by atoms with Gasteiger partial charge in [-0.3, -0.25) is 4.79 Å². The number of thiophene rings is 1. The molecule has 0 spiro atoms. The van der Waals surface area contributed by atoms with Crippen molar-refractivity contribution in [3.8, 4) is 22.8 Å². The molecule has 7 nitrogen and oxygen atoms in total. The van der Waals surface area contributed by atoms with Gasteiger partial charge in [0.05, 0.1) is 18.1 Å². The molecule has 3 heterocycles. The second kappa shape index (κ2) is 7.88. The van der Waals surface area contributed by atoms with Crippen molar-refractivity contribution in [3.63, 3.8) is 0 Å². The molecular weight excluding hydrogens is 362 g/mol. The van der Waals surface area contributed by atoms with Crippen molar-refractivity contribution in [2.24, 2.45) is 0 Å². The molecule has 3 aromatic heterocycles. The van der Waals surface area contributed by atoms with Crippen molar-refractivity contribution in [1.29, 1.82) is 0 Å². The monoisotopic (exact) mass is 377 g/mol. The molecule has 1 N–H and O–H groups in total. The summed E-state index contributed by atoms with van der Waals surface area (Å²) < 4.78 is 5.57. The Bertz CT molecular complexity index is 1010. The van der Waals surface area contributed by atoms with Gasteiger partial charge in [-0.2, -0.15) is 11.3 Å². The summed E-state index contributed by atoms with van der Waals surface area (Å²) in [6.07, 6.45) is 3.78. The van der Waals surface area contributed by atoms with E-state index in [9.17, 15) is 4.79 Å². The van der Waals surface area contributed by atoms with Crippen LogP contribution in [-0.4, -0.2) is 26.1 Å². The number of nitrogens with one attached hydrogen (secondary N) is 1. The highest BCUT2D eigenvalue weighted by Gasteiger charge is 2.11. The van der Waals surface area contributed by atoms with Crippen molar-refractivity contribution >= 4 is 22.9 Å². The summed E-state index contributed by atoms with van der Waals surface area (Å²) in [5, 5.41) is 14.6. The molecule has 0 atom stereocenters. The number of carbonyl (C=O) groups excluding carboxylic acids is 1. The third-order valence-corrected chi connectivity index (χ3v) is 4.45. The SMILES string of the molecule is O=C(CCc1nnc(-c2ccsc2)o1)Nc1cnc(-c2ccccc2)nc1. The second-order valence-electron chi connectivity index (χ2n) is 5.72. The number of anilines is 1.